The van der Waals surface area contributed by atoms with Crippen molar-refractivity contribution in [1.29, 1.82) is 0 Å². The summed E-state index contributed by atoms with van der Waals surface area (Å²) in [4.78, 5) is 12.2. The van der Waals surface area contributed by atoms with Crippen LogP contribution in [0.1, 0.15) is 44.9 Å². The number of hydrogen-bond acceptors (Lipinski definition) is 2. The van der Waals surface area contributed by atoms with E-state index in [4.69, 9.17) is 0 Å². The van der Waals surface area contributed by atoms with Gasteiger partial charge in [-0.05, 0) is 44.9 Å². The Hall–Kier alpha value is -0.780. The minimum atomic E-state index is -4.08. The molecule has 2 aliphatic heterocycles. The Morgan fingerprint density at radius 3 is 2.25 bits per heavy atom. The van der Waals surface area contributed by atoms with Crippen molar-refractivity contribution in [2.75, 3.05) is 0 Å². The molecule has 2 heterocycles. The van der Waals surface area contributed by atoms with Crippen LogP contribution < -0.4 is 10.6 Å². The van der Waals surface area contributed by atoms with Gasteiger partial charge in [-0.3, -0.25) is 4.79 Å². The van der Waals surface area contributed by atoms with Crippen molar-refractivity contribution >= 4 is 5.91 Å². The highest BCUT2D eigenvalue weighted by Gasteiger charge is 2.44. The second-order valence-corrected chi connectivity index (χ2v) is 6.49. The first kappa shape index (κ1) is 14.2. The Kier molecular flexibility index (Phi) is 3.69. The molecular formula is C14H21F3N2O. The number of carbonyl (C=O) groups excluding carboxylic acids is 1. The normalized spacial score (nSPS) is 40.9. The Bertz CT molecular complexity index is 377. The third-order valence-corrected chi connectivity index (χ3v) is 5.17. The van der Waals surface area contributed by atoms with E-state index < -0.39 is 12.1 Å². The first-order valence-corrected chi connectivity index (χ1v) is 7.56. The molecule has 3 aliphatic rings. The minimum Gasteiger partial charge on any atom is -0.353 e. The maximum absolute atomic E-state index is 12.6. The average molecular weight is 290 g/mol. The number of fused-ring (bicyclic) bond motifs is 2. The Balaban J connectivity index is 1.47. The van der Waals surface area contributed by atoms with Gasteiger partial charge >= 0.3 is 6.18 Å². The fourth-order valence-corrected chi connectivity index (χ4v) is 3.99. The van der Waals surface area contributed by atoms with Gasteiger partial charge in [0.15, 0.2) is 0 Å². The summed E-state index contributed by atoms with van der Waals surface area (Å²) in [5.74, 6) is -1.12. The fourth-order valence-electron chi connectivity index (χ4n) is 3.99. The molecule has 2 bridgehead atoms. The van der Waals surface area contributed by atoms with E-state index in [1.165, 1.54) is 0 Å². The molecule has 0 aromatic heterocycles. The van der Waals surface area contributed by atoms with Gasteiger partial charge in [-0.2, -0.15) is 13.2 Å². The van der Waals surface area contributed by atoms with E-state index in [0.29, 0.717) is 18.9 Å². The summed E-state index contributed by atoms with van der Waals surface area (Å²) in [5.41, 5.74) is 0. The quantitative estimate of drug-likeness (QED) is 0.820. The summed E-state index contributed by atoms with van der Waals surface area (Å²) in [6.45, 7) is 0. The molecule has 3 unspecified atom stereocenters. The van der Waals surface area contributed by atoms with Gasteiger partial charge in [0.05, 0.1) is 11.8 Å². The molecule has 0 spiro atoms. The van der Waals surface area contributed by atoms with E-state index in [2.05, 4.69) is 10.6 Å². The summed E-state index contributed by atoms with van der Waals surface area (Å²) < 4.78 is 37.7. The van der Waals surface area contributed by atoms with Crippen LogP contribution in [0.15, 0.2) is 0 Å². The van der Waals surface area contributed by atoms with Crippen LogP contribution >= 0.6 is 0 Å². The average Bonchev–Trinajstić information content (AvgIpc) is 3.00. The van der Waals surface area contributed by atoms with Gasteiger partial charge in [0.2, 0.25) is 5.91 Å². The first-order chi connectivity index (χ1) is 9.43. The van der Waals surface area contributed by atoms with Crippen molar-refractivity contribution < 1.29 is 18.0 Å². The molecule has 1 saturated carbocycles. The van der Waals surface area contributed by atoms with Gasteiger partial charge in [0, 0.05) is 18.1 Å². The molecule has 0 radical (unpaired) electrons. The molecule has 3 nitrogen and oxygen atoms in total. The number of carbonyl (C=O) groups is 1. The summed E-state index contributed by atoms with van der Waals surface area (Å²) >= 11 is 0. The second kappa shape index (κ2) is 5.20. The highest BCUT2D eigenvalue weighted by molar-refractivity contribution is 5.80. The third kappa shape index (κ3) is 2.80. The van der Waals surface area contributed by atoms with Crippen LogP contribution in [0.5, 0.6) is 0 Å². The monoisotopic (exact) mass is 290 g/mol. The van der Waals surface area contributed by atoms with Gasteiger partial charge in [0.1, 0.15) is 0 Å². The molecule has 3 rings (SSSR count). The van der Waals surface area contributed by atoms with Crippen molar-refractivity contribution in [2.45, 2.75) is 69.2 Å². The highest BCUT2D eigenvalue weighted by atomic mass is 19.4. The third-order valence-electron chi connectivity index (χ3n) is 5.17. The standard InChI is InChI=1S/C14H21F3N2O/c15-14(16,17)8-1-3-9(4-2-8)19-13(20)11-7-10-5-6-12(11)18-10/h8-12,18H,1-7H2,(H,19,20). The number of rotatable bonds is 2. The zero-order chi connectivity index (χ0) is 14.3. The number of nitrogens with one attached hydrogen (secondary N) is 2. The van der Waals surface area contributed by atoms with E-state index in [-0.39, 0.29) is 36.8 Å². The largest absolute Gasteiger partial charge is 0.391 e. The topological polar surface area (TPSA) is 41.1 Å². The van der Waals surface area contributed by atoms with E-state index in [0.717, 1.165) is 19.3 Å². The molecule has 0 aromatic carbocycles. The summed E-state index contributed by atoms with van der Waals surface area (Å²) in [6, 6.07) is 0.684. The van der Waals surface area contributed by atoms with Crippen LogP contribution in [-0.2, 0) is 4.79 Å². The van der Waals surface area contributed by atoms with E-state index in [9.17, 15) is 18.0 Å². The molecule has 114 valence electrons. The smallest absolute Gasteiger partial charge is 0.353 e. The van der Waals surface area contributed by atoms with Crippen molar-refractivity contribution in [1.82, 2.24) is 10.6 Å². The van der Waals surface area contributed by atoms with Crippen LogP contribution in [0.3, 0.4) is 0 Å². The predicted molar refractivity (Wildman–Crippen MR) is 68.0 cm³/mol. The lowest BCUT2D eigenvalue weighted by molar-refractivity contribution is -0.182. The molecule has 3 atom stereocenters. The molecule has 2 N–H and O–H groups in total. The van der Waals surface area contributed by atoms with Crippen LogP contribution in [0.25, 0.3) is 0 Å². The van der Waals surface area contributed by atoms with Crippen molar-refractivity contribution in [3.63, 3.8) is 0 Å². The van der Waals surface area contributed by atoms with Gasteiger partial charge in [-0.15, -0.1) is 0 Å². The predicted octanol–water partition coefficient (Wildman–Crippen LogP) is 2.36. The number of amides is 1. The van der Waals surface area contributed by atoms with Gasteiger partial charge in [0.25, 0.3) is 0 Å². The first-order valence-electron chi connectivity index (χ1n) is 7.56. The molecular weight excluding hydrogens is 269 g/mol. The Morgan fingerprint density at radius 2 is 1.75 bits per heavy atom. The van der Waals surface area contributed by atoms with Crippen molar-refractivity contribution in [3.05, 3.63) is 0 Å². The lowest BCUT2D eigenvalue weighted by Crippen LogP contribution is -2.45. The fraction of sp³-hybridized carbons (Fsp3) is 0.929. The molecule has 1 aliphatic carbocycles. The second-order valence-electron chi connectivity index (χ2n) is 6.49. The van der Waals surface area contributed by atoms with Crippen LogP contribution in [-0.4, -0.2) is 30.2 Å². The summed E-state index contributed by atoms with van der Waals surface area (Å²) in [5, 5.41) is 6.38. The molecule has 6 heteroatoms. The van der Waals surface area contributed by atoms with Crippen molar-refractivity contribution in [3.8, 4) is 0 Å². The molecule has 20 heavy (non-hydrogen) atoms. The zero-order valence-electron chi connectivity index (χ0n) is 11.4. The van der Waals surface area contributed by atoms with E-state index >= 15 is 0 Å². The van der Waals surface area contributed by atoms with E-state index in [1.54, 1.807) is 0 Å². The maximum Gasteiger partial charge on any atom is 0.391 e. The number of alkyl halides is 3. The van der Waals surface area contributed by atoms with Gasteiger partial charge in [-0.25, -0.2) is 0 Å². The number of hydrogen-bond donors (Lipinski definition) is 2. The van der Waals surface area contributed by atoms with Gasteiger partial charge in [-0.1, -0.05) is 0 Å². The summed E-state index contributed by atoms with van der Waals surface area (Å²) in [6.07, 6.45) is 0.174. The molecule has 3 fully saturated rings. The number of halogens is 3. The van der Waals surface area contributed by atoms with Crippen molar-refractivity contribution in [2.24, 2.45) is 11.8 Å². The Labute approximate surface area is 116 Å². The summed E-state index contributed by atoms with van der Waals surface area (Å²) in [7, 11) is 0. The highest BCUT2D eigenvalue weighted by Crippen LogP contribution is 2.38. The lowest BCUT2D eigenvalue weighted by Gasteiger charge is -2.31. The SMILES string of the molecule is O=C(NC1CCC(C(F)(F)F)CC1)C1CC2CCC1N2. The lowest BCUT2D eigenvalue weighted by atomic mass is 9.84. The van der Waals surface area contributed by atoms with Crippen LogP contribution in [0, 0.1) is 11.8 Å². The van der Waals surface area contributed by atoms with Crippen LogP contribution in [0.4, 0.5) is 13.2 Å². The molecule has 0 aromatic rings. The maximum atomic E-state index is 12.6. The molecule has 1 amide bonds. The van der Waals surface area contributed by atoms with Gasteiger partial charge < -0.3 is 10.6 Å². The Morgan fingerprint density at radius 1 is 1.05 bits per heavy atom. The molecule has 2 saturated heterocycles. The van der Waals surface area contributed by atoms with Crippen LogP contribution in [0.2, 0.25) is 0 Å². The minimum absolute atomic E-state index is 0.0223. The zero-order valence-corrected chi connectivity index (χ0v) is 11.4. The van der Waals surface area contributed by atoms with E-state index in [1.807, 2.05) is 0 Å².